The topological polar surface area (TPSA) is 55.4 Å². The minimum atomic E-state index is -5.19. The molecule has 1 atom stereocenters. The van der Waals surface area contributed by atoms with Gasteiger partial charge < -0.3 is 10.1 Å². The Kier molecular flexibility index (Phi) is 5.34. The predicted molar refractivity (Wildman–Crippen MR) is 50.1 cm³/mol. The molecular formula is C7H8Cl2F3NO3. The zero-order chi connectivity index (χ0) is 13.0. The average Bonchev–Trinajstić information content (AvgIpc) is 2.16. The van der Waals surface area contributed by atoms with Crippen molar-refractivity contribution in [3.63, 3.8) is 0 Å². The standard InChI is InChI=1S/C7H8Cl2F3NO3/c1-2-16-5(15)6(9,7(10,11)12)13-4(14)3-8/h2-3H2,1H3,(H,13,14). The summed E-state index contributed by atoms with van der Waals surface area (Å²) >= 11 is 10.0. The van der Waals surface area contributed by atoms with Crippen LogP contribution in [-0.2, 0) is 14.3 Å². The minimum absolute atomic E-state index is 0.305. The predicted octanol–water partition coefficient (Wildman–Crippen LogP) is 1.40. The fourth-order valence-electron chi connectivity index (χ4n) is 0.694. The number of carbonyl (C=O) groups is 2. The first-order chi connectivity index (χ1) is 7.19. The molecule has 0 heterocycles. The molecular weight excluding hydrogens is 274 g/mol. The summed E-state index contributed by atoms with van der Waals surface area (Å²) in [5.41, 5.74) is 0. The summed E-state index contributed by atoms with van der Waals surface area (Å²) in [5.74, 6) is -3.80. The zero-order valence-electron chi connectivity index (χ0n) is 8.03. The van der Waals surface area contributed by atoms with Crippen LogP contribution < -0.4 is 5.32 Å². The molecule has 0 rings (SSSR count). The van der Waals surface area contributed by atoms with E-state index in [0.29, 0.717) is 0 Å². The van der Waals surface area contributed by atoms with Crippen molar-refractivity contribution in [3.05, 3.63) is 0 Å². The average molecular weight is 282 g/mol. The van der Waals surface area contributed by atoms with Gasteiger partial charge in [0.15, 0.2) is 0 Å². The molecule has 0 aliphatic heterocycles. The summed E-state index contributed by atoms with van der Waals surface area (Å²) in [6.07, 6.45) is -5.19. The second kappa shape index (κ2) is 5.58. The van der Waals surface area contributed by atoms with Gasteiger partial charge in [-0.3, -0.25) is 4.79 Å². The number of nitrogens with one attached hydrogen (secondary N) is 1. The normalized spacial score (nSPS) is 15.1. The van der Waals surface area contributed by atoms with Crippen LogP contribution in [0.5, 0.6) is 0 Å². The number of halogens is 5. The molecule has 1 unspecified atom stereocenters. The van der Waals surface area contributed by atoms with E-state index in [1.54, 1.807) is 0 Å². The summed E-state index contributed by atoms with van der Waals surface area (Å²) in [5, 5.41) is 1.26. The van der Waals surface area contributed by atoms with Gasteiger partial charge in [0, 0.05) is 0 Å². The fourth-order valence-corrected chi connectivity index (χ4v) is 0.920. The number of hydrogen-bond acceptors (Lipinski definition) is 3. The summed E-state index contributed by atoms with van der Waals surface area (Å²) in [6, 6.07) is 0. The van der Waals surface area contributed by atoms with Gasteiger partial charge in [-0.25, -0.2) is 4.79 Å². The first-order valence-corrected chi connectivity index (χ1v) is 4.90. The van der Waals surface area contributed by atoms with Gasteiger partial charge in [0.2, 0.25) is 5.91 Å². The van der Waals surface area contributed by atoms with Gasteiger partial charge >= 0.3 is 17.1 Å². The first kappa shape index (κ1) is 15.3. The number of esters is 1. The van der Waals surface area contributed by atoms with Gasteiger partial charge in [-0.05, 0) is 6.92 Å². The van der Waals surface area contributed by atoms with E-state index in [9.17, 15) is 22.8 Å². The molecule has 1 N–H and O–H groups in total. The van der Waals surface area contributed by atoms with Crippen molar-refractivity contribution in [2.45, 2.75) is 18.1 Å². The molecule has 94 valence electrons. The van der Waals surface area contributed by atoms with E-state index < -0.39 is 28.9 Å². The minimum Gasteiger partial charge on any atom is -0.463 e. The monoisotopic (exact) mass is 281 g/mol. The number of amides is 1. The molecule has 0 aliphatic carbocycles. The Morgan fingerprint density at radius 2 is 1.88 bits per heavy atom. The third-order valence-corrected chi connectivity index (χ3v) is 2.09. The summed E-state index contributed by atoms with van der Waals surface area (Å²) in [6.45, 7) is 0.995. The lowest BCUT2D eigenvalue weighted by atomic mass is 10.2. The van der Waals surface area contributed by atoms with Crippen LogP contribution in [-0.4, -0.2) is 35.5 Å². The van der Waals surface area contributed by atoms with Crippen molar-refractivity contribution in [2.75, 3.05) is 12.5 Å². The highest BCUT2D eigenvalue weighted by Gasteiger charge is 2.62. The molecule has 9 heteroatoms. The van der Waals surface area contributed by atoms with E-state index in [1.807, 2.05) is 0 Å². The first-order valence-electron chi connectivity index (χ1n) is 3.98. The maximum Gasteiger partial charge on any atom is 0.437 e. The summed E-state index contributed by atoms with van der Waals surface area (Å²) in [7, 11) is 0. The number of alkyl halides is 5. The van der Waals surface area contributed by atoms with E-state index in [-0.39, 0.29) is 6.61 Å². The highest BCUT2D eigenvalue weighted by Crippen LogP contribution is 2.35. The van der Waals surface area contributed by atoms with Crippen LogP contribution in [0.4, 0.5) is 13.2 Å². The molecule has 1 amide bonds. The summed E-state index contributed by atoms with van der Waals surface area (Å²) in [4.78, 5) is 18.2. The molecule has 4 nitrogen and oxygen atoms in total. The van der Waals surface area contributed by atoms with Crippen molar-refractivity contribution in [2.24, 2.45) is 0 Å². The smallest absolute Gasteiger partial charge is 0.437 e. The SMILES string of the molecule is CCOC(=O)C(Cl)(NC(=O)CCl)C(F)(F)F. The van der Waals surface area contributed by atoms with Gasteiger partial charge in [0.1, 0.15) is 5.88 Å². The van der Waals surface area contributed by atoms with Crippen LogP contribution in [0.15, 0.2) is 0 Å². The Morgan fingerprint density at radius 1 is 1.38 bits per heavy atom. The zero-order valence-corrected chi connectivity index (χ0v) is 9.54. The Hall–Kier alpha value is -0.690. The van der Waals surface area contributed by atoms with Crippen molar-refractivity contribution in [1.82, 2.24) is 5.32 Å². The van der Waals surface area contributed by atoms with Gasteiger partial charge in [0.05, 0.1) is 6.61 Å². The molecule has 0 radical (unpaired) electrons. The van der Waals surface area contributed by atoms with E-state index in [4.69, 9.17) is 23.2 Å². The molecule has 0 aliphatic rings. The van der Waals surface area contributed by atoms with Crippen LogP contribution in [0.25, 0.3) is 0 Å². The van der Waals surface area contributed by atoms with Gasteiger partial charge in [-0.15, -0.1) is 11.6 Å². The van der Waals surface area contributed by atoms with Crippen molar-refractivity contribution >= 4 is 35.1 Å². The highest BCUT2D eigenvalue weighted by molar-refractivity contribution is 6.36. The number of hydrogen-bond donors (Lipinski definition) is 1. The molecule has 0 aromatic heterocycles. The molecule has 16 heavy (non-hydrogen) atoms. The van der Waals surface area contributed by atoms with Crippen LogP contribution in [0.3, 0.4) is 0 Å². The van der Waals surface area contributed by atoms with Crippen LogP contribution >= 0.6 is 23.2 Å². The Labute approximate surface area is 99.0 Å². The lowest BCUT2D eigenvalue weighted by molar-refractivity contribution is -0.195. The summed E-state index contributed by atoms with van der Waals surface area (Å²) < 4.78 is 41.6. The number of ether oxygens (including phenoxy) is 1. The van der Waals surface area contributed by atoms with E-state index in [2.05, 4.69) is 4.74 Å². The van der Waals surface area contributed by atoms with Crippen molar-refractivity contribution in [1.29, 1.82) is 0 Å². The van der Waals surface area contributed by atoms with Gasteiger partial charge in [-0.1, -0.05) is 11.6 Å². The number of carbonyl (C=O) groups excluding carboxylic acids is 2. The number of rotatable bonds is 4. The molecule has 0 aromatic carbocycles. The second-order valence-corrected chi connectivity index (χ2v) is 3.39. The van der Waals surface area contributed by atoms with Crippen LogP contribution in [0.1, 0.15) is 6.92 Å². The van der Waals surface area contributed by atoms with E-state index >= 15 is 0 Å². The fraction of sp³-hybridized carbons (Fsp3) is 0.714. The largest absolute Gasteiger partial charge is 0.463 e. The van der Waals surface area contributed by atoms with Crippen molar-refractivity contribution < 1.29 is 27.5 Å². The molecule has 0 saturated carbocycles. The van der Waals surface area contributed by atoms with Gasteiger partial charge in [-0.2, -0.15) is 13.2 Å². The van der Waals surface area contributed by atoms with Gasteiger partial charge in [0.25, 0.3) is 0 Å². The van der Waals surface area contributed by atoms with Crippen LogP contribution in [0, 0.1) is 0 Å². The van der Waals surface area contributed by atoms with E-state index in [1.165, 1.54) is 12.2 Å². The Bertz CT molecular complexity index is 285. The maximum absolute atomic E-state index is 12.5. The Morgan fingerprint density at radius 3 is 2.19 bits per heavy atom. The lowest BCUT2D eigenvalue weighted by Crippen LogP contribution is -2.60. The van der Waals surface area contributed by atoms with E-state index in [0.717, 1.165) is 0 Å². The molecule has 0 aromatic rings. The molecule has 0 fully saturated rings. The lowest BCUT2D eigenvalue weighted by Gasteiger charge is -2.27. The Balaban J connectivity index is 5.04. The molecule has 0 spiro atoms. The third-order valence-electron chi connectivity index (χ3n) is 1.38. The maximum atomic E-state index is 12.5. The molecule has 0 bridgehead atoms. The second-order valence-electron chi connectivity index (χ2n) is 2.56. The third kappa shape index (κ3) is 3.41. The molecule has 0 saturated heterocycles. The highest BCUT2D eigenvalue weighted by atomic mass is 35.5. The van der Waals surface area contributed by atoms with Crippen molar-refractivity contribution in [3.8, 4) is 0 Å². The van der Waals surface area contributed by atoms with Crippen LogP contribution in [0.2, 0.25) is 0 Å². The quantitative estimate of drug-likeness (QED) is 0.482.